The van der Waals surface area contributed by atoms with Gasteiger partial charge in [-0.1, -0.05) is 19.1 Å². The summed E-state index contributed by atoms with van der Waals surface area (Å²) in [4.78, 5) is 29.3. The molecule has 1 N–H and O–H groups in total. The van der Waals surface area contributed by atoms with Crippen molar-refractivity contribution in [2.45, 2.75) is 45.6 Å². The van der Waals surface area contributed by atoms with Crippen LogP contribution in [0.2, 0.25) is 0 Å². The fraction of sp³-hybridized carbons (Fsp3) is 0.636. The minimum Gasteiger partial charge on any atom is -0.486 e. The van der Waals surface area contributed by atoms with Crippen LogP contribution < -0.4 is 15.0 Å². The molecule has 0 aliphatic carbocycles. The van der Waals surface area contributed by atoms with Gasteiger partial charge in [0.05, 0.1) is 12.2 Å². The second-order valence-electron chi connectivity index (χ2n) is 7.61. The van der Waals surface area contributed by atoms with Crippen LogP contribution in [0.15, 0.2) is 24.3 Å². The number of fused-ring (bicyclic) bond motifs is 1. The zero-order valence-electron chi connectivity index (χ0n) is 17.6. The molecule has 1 aromatic carbocycles. The number of anilines is 1. The van der Waals surface area contributed by atoms with Gasteiger partial charge >= 0.3 is 6.03 Å². The molecule has 7 heteroatoms. The van der Waals surface area contributed by atoms with Crippen molar-refractivity contribution in [2.75, 3.05) is 44.3 Å². The summed E-state index contributed by atoms with van der Waals surface area (Å²) in [5.41, 5.74) is 0.830. The zero-order chi connectivity index (χ0) is 20.6. The van der Waals surface area contributed by atoms with Gasteiger partial charge in [-0.05, 0) is 44.7 Å². The Morgan fingerprint density at radius 3 is 2.69 bits per heavy atom. The monoisotopic (exact) mass is 403 g/mol. The fourth-order valence-corrected chi connectivity index (χ4v) is 3.87. The van der Waals surface area contributed by atoms with Gasteiger partial charge in [-0.15, -0.1) is 0 Å². The number of amides is 3. The van der Waals surface area contributed by atoms with E-state index in [0.717, 1.165) is 24.3 Å². The number of benzene rings is 1. The molecule has 2 aliphatic heterocycles. The minimum atomic E-state index is -0.0218. The van der Waals surface area contributed by atoms with Gasteiger partial charge in [0.25, 0.3) is 0 Å². The third kappa shape index (κ3) is 5.41. The standard InChI is InChI=1S/C22H33N3O4/c1-3-18-16-25(19-8-5-6-9-20(19)29-18)22(27)24-13-10-17(11-14-24)21(26)23-12-7-15-28-4-2/h5-6,8-9,17-18H,3-4,7,10-16H2,1-2H3,(H,23,26)/t18-/m0/s1. The number of hydrogen-bond acceptors (Lipinski definition) is 4. The number of carbonyl (C=O) groups excluding carboxylic acids is 2. The Labute approximate surface area is 173 Å². The van der Waals surface area contributed by atoms with Crippen LogP contribution in [0.4, 0.5) is 10.5 Å². The minimum absolute atomic E-state index is 0.00820. The Hall–Kier alpha value is -2.28. The van der Waals surface area contributed by atoms with Gasteiger partial charge in [0.1, 0.15) is 11.9 Å². The molecule has 0 saturated carbocycles. The van der Waals surface area contributed by atoms with Gasteiger partial charge in [-0.3, -0.25) is 9.69 Å². The van der Waals surface area contributed by atoms with E-state index in [1.54, 1.807) is 0 Å². The number of nitrogens with one attached hydrogen (secondary N) is 1. The quantitative estimate of drug-likeness (QED) is 0.711. The molecule has 29 heavy (non-hydrogen) atoms. The van der Waals surface area contributed by atoms with Crippen molar-refractivity contribution in [3.8, 4) is 5.75 Å². The summed E-state index contributed by atoms with van der Waals surface area (Å²) in [6.07, 6.45) is 3.09. The first-order valence-corrected chi connectivity index (χ1v) is 10.8. The van der Waals surface area contributed by atoms with E-state index in [1.807, 2.05) is 41.0 Å². The van der Waals surface area contributed by atoms with Crippen molar-refractivity contribution in [1.29, 1.82) is 0 Å². The lowest BCUT2D eigenvalue weighted by Gasteiger charge is -2.39. The SMILES string of the molecule is CCOCCCNC(=O)C1CCN(C(=O)N2C[C@H](CC)Oc3ccccc32)CC1. The summed E-state index contributed by atoms with van der Waals surface area (Å²) in [6.45, 7) is 7.81. The Morgan fingerprint density at radius 2 is 1.97 bits per heavy atom. The number of likely N-dealkylation sites (tertiary alicyclic amines) is 1. The Balaban J connectivity index is 1.52. The maximum absolute atomic E-state index is 13.2. The molecule has 0 radical (unpaired) electrons. The average Bonchev–Trinajstić information content (AvgIpc) is 2.77. The van der Waals surface area contributed by atoms with Crippen molar-refractivity contribution >= 4 is 17.6 Å². The number of urea groups is 1. The maximum atomic E-state index is 13.2. The Bertz CT molecular complexity index is 688. The van der Waals surface area contributed by atoms with E-state index in [4.69, 9.17) is 9.47 Å². The van der Waals surface area contributed by atoms with E-state index in [2.05, 4.69) is 12.2 Å². The third-order valence-corrected chi connectivity index (χ3v) is 5.63. The highest BCUT2D eigenvalue weighted by Crippen LogP contribution is 2.34. The van der Waals surface area contributed by atoms with Crippen molar-refractivity contribution in [3.05, 3.63) is 24.3 Å². The van der Waals surface area contributed by atoms with E-state index in [1.165, 1.54) is 0 Å². The molecule has 7 nitrogen and oxygen atoms in total. The largest absolute Gasteiger partial charge is 0.486 e. The highest BCUT2D eigenvalue weighted by Gasteiger charge is 2.34. The van der Waals surface area contributed by atoms with Crippen LogP contribution >= 0.6 is 0 Å². The van der Waals surface area contributed by atoms with Crippen LogP contribution in [0, 0.1) is 5.92 Å². The van der Waals surface area contributed by atoms with Crippen LogP contribution in [-0.4, -0.2) is 62.3 Å². The second-order valence-corrected chi connectivity index (χ2v) is 7.61. The van der Waals surface area contributed by atoms with E-state index in [9.17, 15) is 9.59 Å². The Morgan fingerprint density at radius 1 is 1.21 bits per heavy atom. The van der Waals surface area contributed by atoms with E-state index in [0.29, 0.717) is 52.2 Å². The average molecular weight is 404 g/mol. The molecule has 0 spiro atoms. The van der Waals surface area contributed by atoms with Crippen LogP contribution in [-0.2, 0) is 9.53 Å². The van der Waals surface area contributed by atoms with Crippen LogP contribution in [0.3, 0.4) is 0 Å². The van der Waals surface area contributed by atoms with Gasteiger partial charge < -0.3 is 19.7 Å². The number of carbonyl (C=O) groups is 2. The predicted molar refractivity (Wildman–Crippen MR) is 112 cm³/mol. The molecule has 2 aliphatic rings. The third-order valence-electron chi connectivity index (χ3n) is 5.63. The van der Waals surface area contributed by atoms with Crippen LogP contribution in [0.25, 0.3) is 0 Å². The van der Waals surface area contributed by atoms with Gasteiger partial charge in [0.2, 0.25) is 5.91 Å². The van der Waals surface area contributed by atoms with E-state index < -0.39 is 0 Å². The Kier molecular flexibility index (Phi) is 7.75. The highest BCUT2D eigenvalue weighted by molar-refractivity contribution is 5.94. The first-order valence-electron chi connectivity index (χ1n) is 10.8. The molecule has 1 atom stereocenters. The summed E-state index contributed by atoms with van der Waals surface area (Å²) in [5.74, 6) is 0.836. The molecule has 3 amide bonds. The lowest BCUT2D eigenvalue weighted by molar-refractivity contribution is -0.126. The predicted octanol–water partition coefficient (Wildman–Crippen LogP) is 3.04. The first-order chi connectivity index (χ1) is 14.1. The number of ether oxygens (including phenoxy) is 2. The van der Waals surface area contributed by atoms with Crippen molar-refractivity contribution in [2.24, 2.45) is 5.92 Å². The molecular formula is C22H33N3O4. The smallest absolute Gasteiger partial charge is 0.324 e. The van der Waals surface area contributed by atoms with E-state index >= 15 is 0 Å². The second kappa shape index (κ2) is 10.5. The number of nitrogens with zero attached hydrogens (tertiary/aromatic N) is 2. The molecule has 0 aromatic heterocycles. The van der Waals surface area contributed by atoms with Gasteiger partial charge in [-0.25, -0.2) is 4.79 Å². The van der Waals surface area contributed by atoms with Crippen molar-refractivity contribution in [1.82, 2.24) is 10.2 Å². The molecule has 0 bridgehead atoms. The molecule has 0 unspecified atom stereocenters. The molecule has 2 heterocycles. The summed E-state index contributed by atoms with van der Waals surface area (Å²) < 4.78 is 11.3. The van der Waals surface area contributed by atoms with Crippen LogP contribution in [0.1, 0.15) is 39.5 Å². The zero-order valence-corrected chi connectivity index (χ0v) is 17.6. The molecular weight excluding hydrogens is 370 g/mol. The van der Waals surface area contributed by atoms with Crippen LogP contribution in [0.5, 0.6) is 5.75 Å². The van der Waals surface area contributed by atoms with Gasteiger partial charge in [0, 0.05) is 38.8 Å². The molecule has 1 fully saturated rings. The molecule has 1 aromatic rings. The summed E-state index contributed by atoms with van der Waals surface area (Å²) in [7, 11) is 0. The number of rotatable bonds is 7. The van der Waals surface area contributed by atoms with Crippen molar-refractivity contribution < 1.29 is 19.1 Å². The summed E-state index contributed by atoms with van der Waals surface area (Å²) in [5, 5.41) is 3.00. The summed E-state index contributed by atoms with van der Waals surface area (Å²) in [6, 6.07) is 7.71. The first kappa shape index (κ1) is 21.4. The lowest BCUT2D eigenvalue weighted by atomic mass is 9.96. The lowest BCUT2D eigenvalue weighted by Crippen LogP contribution is -2.52. The topological polar surface area (TPSA) is 71.1 Å². The van der Waals surface area contributed by atoms with Gasteiger partial charge in [-0.2, -0.15) is 0 Å². The molecule has 160 valence electrons. The van der Waals surface area contributed by atoms with E-state index in [-0.39, 0.29) is 24.0 Å². The van der Waals surface area contributed by atoms with Gasteiger partial charge in [0.15, 0.2) is 0 Å². The number of para-hydroxylation sites is 2. The number of hydrogen-bond donors (Lipinski definition) is 1. The van der Waals surface area contributed by atoms with Crippen molar-refractivity contribution in [3.63, 3.8) is 0 Å². The maximum Gasteiger partial charge on any atom is 0.324 e. The molecule has 1 saturated heterocycles. The summed E-state index contributed by atoms with van der Waals surface area (Å²) >= 11 is 0. The number of piperidine rings is 1. The normalized spacial score (nSPS) is 19.4. The highest BCUT2D eigenvalue weighted by atomic mass is 16.5. The fourth-order valence-electron chi connectivity index (χ4n) is 3.87. The molecule has 3 rings (SSSR count).